The maximum atomic E-state index is 12.4. The Kier molecular flexibility index (Phi) is 17.3. The summed E-state index contributed by atoms with van der Waals surface area (Å²) >= 11 is 0. The summed E-state index contributed by atoms with van der Waals surface area (Å²) in [5.41, 5.74) is 4.40. The van der Waals surface area contributed by atoms with Gasteiger partial charge in [0.1, 0.15) is 5.75 Å². The summed E-state index contributed by atoms with van der Waals surface area (Å²) in [7, 11) is 0. The predicted molar refractivity (Wildman–Crippen MR) is 233 cm³/mol. The number of allylic oxidation sites excluding steroid dienone is 2. The summed E-state index contributed by atoms with van der Waals surface area (Å²) in [6.45, 7) is 4.75. The minimum atomic E-state index is -0.567. The van der Waals surface area contributed by atoms with E-state index in [1.807, 2.05) is 61.8 Å². The summed E-state index contributed by atoms with van der Waals surface area (Å²) in [4.78, 5) is 31.4. The Hall–Kier alpha value is -4.81. The average molecular weight is 822 g/mol. The highest BCUT2D eigenvalue weighted by atomic mass is 16.6. The molecule has 1 saturated heterocycles. The molecule has 11 heteroatoms. The SMILES string of the molecule is Cc1ccc(CN2CC[C@@H](Nc3cccc4cnccc34)C2)cc1OCC(=O)OCCCOC(=O)CCC/C=C\C[C@@H]1[C@@H](CC[C@@H](O)CCc2ccccc2)[C@H](O)C[C@@H]1O. The topological polar surface area (TPSA) is 151 Å². The van der Waals surface area contributed by atoms with Crippen LogP contribution < -0.4 is 10.1 Å². The number of aromatic nitrogens is 1. The van der Waals surface area contributed by atoms with Crippen molar-refractivity contribution in [3.05, 3.63) is 114 Å². The Labute approximate surface area is 354 Å². The molecule has 1 aliphatic heterocycles. The Balaban J connectivity index is 0.795. The van der Waals surface area contributed by atoms with Crippen LogP contribution in [0.3, 0.4) is 0 Å². The lowest BCUT2D eigenvalue weighted by molar-refractivity contribution is -0.147. The van der Waals surface area contributed by atoms with Gasteiger partial charge in [0, 0.05) is 67.4 Å². The van der Waals surface area contributed by atoms with Crippen molar-refractivity contribution in [2.75, 3.05) is 38.2 Å². The third-order valence-corrected chi connectivity index (χ3v) is 11.9. The molecule has 11 nitrogen and oxygen atoms in total. The Morgan fingerprint density at radius 3 is 2.58 bits per heavy atom. The maximum Gasteiger partial charge on any atom is 0.344 e. The van der Waals surface area contributed by atoms with E-state index in [0.717, 1.165) is 54.7 Å². The fourth-order valence-electron chi connectivity index (χ4n) is 8.55. The first-order valence-corrected chi connectivity index (χ1v) is 21.8. The van der Waals surface area contributed by atoms with E-state index in [4.69, 9.17) is 14.2 Å². The van der Waals surface area contributed by atoms with Gasteiger partial charge in [-0.05, 0) is 111 Å². The zero-order valence-corrected chi connectivity index (χ0v) is 35.0. The van der Waals surface area contributed by atoms with Crippen molar-refractivity contribution >= 4 is 28.4 Å². The van der Waals surface area contributed by atoms with E-state index >= 15 is 0 Å². The summed E-state index contributed by atoms with van der Waals surface area (Å²) in [6.07, 6.45) is 13.0. The van der Waals surface area contributed by atoms with Crippen LogP contribution in [0.25, 0.3) is 10.8 Å². The molecule has 3 aromatic carbocycles. The van der Waals surface area contributed by atoms with Crippen molar-refractivity contribution in [2.45, 2.75) is 108 Å². The van der Waals surface area contributed by atoms with Crippen LogP contribution in [0.15, 0.2) is 97.3 Å². The molecule has 1 aliphatic carbocycles. The van der Waals surface area contributed by atoms with Gasteiger partial charge in [0.2, 0.25) is 0 Å². The smallest absolute Gasteiger partial charge is 0.344 e. The molecule has 6 atom stereocenters. The van der Waals surface area contributed by atoms with Gasteiger partial charge >= 0.3 is 11.9 Å². The molecule has 60 heavy (non-hydrogen) atoms. The number of fused-ring (bicyclic) bond motifs is 1. The van der Waals surface area contributed by atoms with E-state index in [2.05, 4.69) is 57.7 Å². The molecule has 6 rings (SSSR count). The summed E-state index contributed by atoms with van der Waals surface area (Å²) in [5.74, 6) is -0.216. The van der Waals surface area contributed by atoms with E-state index in [1.54, 1.807) is 0 Å². The predicted octanol–water partition coefficient (Wildman–Crippen LogP) is 7.33. The van der Waals surface area contributed by atoms with Gasteiger partial charge in [-0.15, -0.1) is 0 Å². The van der Waals surface area contributed by atoms with Crippen molar-refractivity contribution in [1.29, 1.82) is 0 Å². The zero-order chi connectivity index (χ0) is 42.1. The lowest BCUT2D eigenvalue weighted by Gasteiger charge is -2.23. The lowest BCUT2D eigenvalue weighted by Crippen LogP contribution is -2.26. The molecule has 1 saturated carbocycles. The number of hydrogen-bond donors (Lipinski definition) is 4. The molecule has 0 amide bonds. The van der Waals surface area contributed by atoms with Crippen molar-refractivity contribution in [2.24, 2.45) is 11.8 Å². The molecule has 2 fully saturated rings. The highest BCUT2D eigenvalue weighted by molar-refractivity contribution is 5.93. The van der Waals surface area contributed by atoms with Crippen LogP contribution in [0.1, 0.15) is 80.9 Å². The van der Waals surface area contributed by atoms with Gasteiger partial charge in [-0.2, -0.15) is 0 Å². The van der Waals surface area contributed by atoms with Crippen LogP contribution in [0.4, 0.5) is 5.69 Å². The average Bonchev–Trinajstić information content (AvgIpc) is 3.81. The third kappa shape index (κ3) is 13.9. The van der Waals surface area contributed by atoms with Crippen LogP contribution in [-0.4, -0.2) is 94.4 Å². The number of likely N-dealkylation sites (tertiary alicyclic amines) is 1. The first kappa shape index (κ1) is 44.7. The second kappa shape index (κ2) is 23.3. The first-order chi connectivity index (χ1) is 29.2. The molecular weight excluding hydrogens is 759 g/mol. The second-order valence-corrected chi connectivity index (χ2v) is 16.5. The van der Waals surface area contributed by atoms with Gasteiger partial charge in [-0.1, -0.05) is 66.7 Å². The molecule has 4 N–H and O–H groups in total. The van der Waals surface area contributed by atoms with E-state index < -0.39 is 24.3 Å². The van der Waals surface area contributed by atoms with Gasteiger partial charge in [-0.25, -0.2) is 4.79 Å². The highest BCUT2D eigenvalue weighted by Gasteiger charge is 2.40. The molecule has 2 heterocycles. The lowest BCUT2D eigenvalue weighted by atomic mass is 9.85. The van der Waals surface area contributed by atoms with E-state index in [0.29, 0.717) is 63.2 Å². The fraction of sp³-hybridized carbons (Fsp3) is 0.490. The second-order valence-electron chi connectivity index (χ2n) is 16.5. The summed E-state index contributed by atoms with van der Waals surface area (Å²) in [5, 5.41) is 37.8. The van der Waals surface area contributed by atoms with Crippen molar-refractivity contribution < 1.29 is 39.1 Å². The third-order valence-electron chi connectivity index (χ3n) is 11.9. The van der Waals surface area contributed by atoms with Gasteiger partial charge in [0.15, 0.2) is 6.61 Å². The number of unbranched alkanes of at least 4 members (excludes halogenated alkanes) is 1. The Bertz CT molecular complexity index is 1970. The number of aliphatic hydroxyl groups is 3. The molecule has 0 unspecified atom stereocenters. The van der Waals surface area contributed by atoms with Crippen LogP contribution in [0, 0.1) is 18.8 Å². The number of aliphatic hydroxyl groups excluding tert-OH is 3. The quantitative estimate of drug-likeness (QED) is 0.0338. The normalized spacial score (nSPS) is 21.0. The summed E-state index contributed by atoms with van der Waals surface area (Å²) in [6, 6.07) is 24.9. The molecule has 2 aliphatic rings. The van der Waals surface area contributed by atoms with E-state index in [-0.39, 0.29) is 44.0 Å². The number of pyridine rings is 1. The number of nitrogens with one attached hydrogen (secondary N) is 1. The number of carbonyl (C=O) groups excluding carboxylic acids is 2. The number of anilines is 1. The minimum Gasteiger partial charge on any atom is -0.482 e. The van der Waals surface area contributed by atoms with Crippen molar-refractivity contribution in [3.63, 3.8) is 0 Å². The van der Waals surface area contributed by atoms with Crippen LogP contribution >= 0.6 is 0 Å². The number of benzene rings is 3. The molecule has 0 bridgehead atoms. The molecule has 4 aromatic rings. The van der Waals surface area contributed by atoms with Crippen LogP contribution in [0.5, 0.6) is 5.75 Å². The Morgan fingerprint density at radius 1 is 0.917 bits per heavy atom. The molecule has 0 spiro atoms. The highest BCUT2D eigenvalue weighted by Crippen LogP contribution is 2.38. The van der Waals surface area contributed by atoms with Gasteiger partial charge in [0.25, 0.3) is 0 Å². The van der Waals surface area contributed by atoms with Gasteiger partial charge in [0.05, 0.1) is 31.5 Å². The standard InChI is InChI=1S/C49H63N3O8/c1-35-17-18-37(32-52-26-24-39(33-52)51-44-15-9-13-38-31-50-25-23-41(38)44)29-47(35)60-34-49(57)59-28-10-27-58-48(56)16-8-3-2-7-14-42-43(46(55)30-45(42)54)22-21-40(53)20-19-36-11-5-4-6-12-36/h2,4-7,9,11-13,15,17-18,23,25,29,31,39-40,42-43,45-46,51,53-55H,3,8,10,14,16,19-22,24,26-28,30,32-34H2,1H3/b7-2-/t39-,40+,42-,43-,45+,46-/m1/s1. The molecule has 0 radical (unpaired) electrons. The number of esters is 2. The number of aryl methyl sites for hydroxylation is 2. The molecular formula is C49H63N3O8. The summed E-state index contributed by atoms with van der Waals surface area (Å²) < 4.78 is 16.5. The number of ether oxygens (including phenoxy) is 3. The number of hydrogen-bond acceptors (Lipinski definition) is 11. The Morgan fingerprint density at radius 2 is 1.73 bits per heavy atom. The largest absolute Gasteiger partial charge is 0.482 e. The zero-order valence-electron chi connectivity index (χ0n) is 35.0. The minimum absolute atomic E-state index is 0.0528. The maximum absolute atomic E-state index is 12.4. The molecule has 322 valence electrons. The van der Waals surface area contributed by atoms with Crippen molar-refractivity contribution in [3.8, 4) is 5.75 Å². The monoisotopic (exact) mass is 821 g/mol. The van der Waals surface area contributed by atoms with Crippen LogP contribution in [-0.2, 0) is 32.0 Å². The number of carbonyl (C=O) groups is 2. The first-order valence-electron chi connectivity index (χ1n) is 21.8. The van der Waals surface area contributed by atoms with E-state index in [9.17, 15) is 24.9 Å². The van der Waals surface area contributed by atoms with Gasteiger partial charge in [-0.3, -0.25) is 14.7 Å². The van der Waals surface area contributed by atoms with Gasteiger partial charge < -0.3 is 34.8 Å². The number of rotatable bonds is 23. The van der Waals surface area contributed by atoms with E-state index in [1.165, 1.54) is 10.9 Å². The fourth-order valence-corrected chi connectivity index (χ4v) is 8.55. The molecule has 1 aromatic heterocycles. The van der Waals surface area contributed by atoms with Crippen LogP contribution in [0.2, 0.25) is 0 Å². The van der Waals surface area contributed by atoms with Crippen molar-refractivity contribution in [1.82, 2.24) is 9.88 Å². The number of nitrogens with zero attached hydrogens (tertiary/aromatic N) is 2.